The molecule has 4 nitrogen and oxygen atoms in total. The molecule has 106 valence electrons. The number of hydrogen-bond acceptors (Lipinski definition) is 4. The van der Waals surface area contributed by atoms with Gasteiger partial charge in [-0.3, -0.25) is 0 Å². The molecule has 0 fully saturated rings. The maximum Gasteiger partial charge on any atom is 0.161 e. The minimum absolute atomic E-state index is 0.0144. The van der Waals surface area contributed by atoms with Crippen molar-refractivity contribution in [3.05, 3.63) is 47.2 Å². The molecule has 0 N–H and O–H groups in total. The first kappa shape index (κ1) is 13.1. The van der Waals surface area contributed by atoms with Gasteiger partial charge in [0.2, 0.25) is 0 Å². The maximum absolute atomic E-state index is 5.91. The van der Waals surface area contributed by atoms with Crippen LogP contribution in [-0.4, -0.2) is 27.4 Å². The summed E-state index contributed by atoms with van der Waals surface area (Å²) in [7, 11) is 4.96. The second kappa shape index (κ2) is 5.21. The van der Waals surface area contributed by atoms with Crippen molar-refractivity contribution in [2.75, 3.05) is 21.3 Å². The Hall–Kier alpha value is -1.94. The molecule has 1 aromatic rings. The fourth-order valence-electron chi connectivity index (χ4n) is 2.76. The monoisotopic (exact) mass is 274 g/mol. The van der Waals surface area contributed by atoms with Crippen LogP contribution in [0, 0.1) is 0 Å². The Morgan fingerprint density at radius 1 is 1.05 bits per heavy atom. The summed E-state index contributed by atoms with van der Waals surface area (Å²) in [5.74, 6) is 2.52. The highest BCUT2D eigenvalue weighted by Crippen LogP contribution is 2.41. The number of allylic oxidation sites excluding steroid dienone is 1. The third-order valence-corrected chi connectivity index (χ3v) is 3.82. The SMILES string of the molecule is COC1=C[C@H]2OCc3cc(OC)c(OC)cc3[C@H]2C=C1. The second-order valence-electron chi connectivity index (χ2n) is 4.84. The van der Waals surface area contributed by atoms with Crippen molar-refractivity contribution in [2.24, 2.45) is 0 Å². The molecule has 1 aliphatic heterocycles. The van der Waals surface area contributed by atoms with Gasteiger partial charge < -0.3 is 18.9 Å². The minimum Gasteiger partial charge on any atom is -0.497 e. The molecule has 1 aromatic carbocycles. The first-order valence-electron chi connectivity index (χ1n) is 6.57. The van der Waals surface area contributed by atoms with Gasteiger partial charge in [-0.15, -0.1) is 0 Å². The van der Waals surface area contributed by atoms with Gasteiger partial charge >= 0.3 is 0 Å². The number of benzene rings is 1. The average Bonchev–Trinajstić information content (AvgIpc) is 2.52. The summed E-state index contributed by atoms with van der Waals surface area (Å²) in [5, 5.41) is 0. The van der Waals surface area contributed by atoms with E-state index < -0.39 is 0 Å². The minimum atomic E-state index is 0.0144. The van der Waals surface area contributed by atoms with Gasteiger partial charge in [0.15, 0.2) is 11.5 Å². The van der Waals surface area contributed by atoms with E-state index in [1.165, 1.54) is 5.56 Å². The van der Waals surface area contributed by atoms with E-state index in [4.69, 9.17) is 18.9 Å². The van der Waals surface area contributed by atoms with E-state index in [0.717, 1.165) is 22.8 Å². The topological polar surface area (TPSA) is 36.9 Å². The number of fused-ring (bicyclic) bond motifs is 3. The van der Waals surface area contributed by atoms with Gasteiger partial charge in [-0.1, -0.05) is 6.08 Å². The summed E-state index contributed by atoms with van der Waals surface area (Å²) in [5.41, 5.74) is 2.37. The summed E-state index contributed by atoms with van der Waals surface area (Å²) < 4.78 is 21.9. The third-order valence-electron chi connectivity index (χ3n) is 3.82. The summed E-state index contributed by atoms with van der Waals surface area (Å²) in [6.45, 7) is 0.568. The molecule has 1 heterocycles. The molecule has 0 saturated heterocycles. The molecule has 0 bridgehead atoms. The van der Waals surface area contributed by atoms with Gasteiger partial charge in [0, 0.05) is 5.92 Å². The maximum atomic E-state index is 5.91. The normalized spacial score (nSPS) is 23.4. The van der Waals surface area contributed by atoms with Gasteiger partial charge in [-0.05, 0) is 35.4 Å². The van der Waals surface area contributed by atoms with Crippen LogP contribution in [0.2, 0.25) is 0 Å². The Morgan fingerprint density at radius 2 is 1.80 bits per heavy atom. The zero-order chi connectivity index (χ0) is 14.1. The molecule has 1 aliphatic carbocycles. The van der Waals surface area contributed by atoms with Gasteiger partial charge in [-0.2, -0.15) is 0 Å². The second-order valence-corrected chi connectivity index (χ2v) is 4.84. The van der Waals surface area contributed by atoms with Gasteiger partial charge in [0.05, 0.1) is 34.0 Å². The van der Waals surface area contributed by atoms with Crippen molar-refractivity contribution in [3.8, 4) is 11.5 Å². The molecule has 0 radical (unpaired) electrons. The number of rotatable bonds is 3. The number of ether oxygens (including phenoxy) is 4. The van der Waals surface area contributed by atoms with E-state index in [9.17, 15) is 0 Å². The van der Waals surface area contributed by atoms with Crippen molar-refractivity contribution < 1.29 is 18.9 Å². The Bertz CT molecular complexity index is 574. The molecule has 0 spiro atoms. The largest absolute Gasteiger partial charge is 0.497 e. The highest BCUT2D eigenvalue weighted by Gasteiger charge is 2.31. The fourth-order valence-corrected chi connectivity index (χ4v) is 2.76. The van der Waals surface area contributed by atoms with E-state index in [2.05, 4.69) is 6.08 Å². The van der Waals surface area contributed by atoms with Crippen LogP contribution in [0.3, 0.4) is 0 Å². The third kappa shape index (κ3) is 2.06. The molecule has 2 aliphatic rings. The lowest BCUT2D eigenvalue weighted by Crippen LogP contribution is -2.27. The number of methoxy groups -OCH3 is 3. The molecule has 0 amide bonds. The smallest absolute Gasteiger partial charge is 0.161 e. The molecular formula is C16H18O4. The lowest BCUT2D eigenvalue weighted by atomic mass is 9.84. The zero-order valence-electron chi connectivity index (χ0n) is 11.9. The van der Waals surface area contributed by atoms with Crippen LogP contribution in [0.1, 0.15) is 17.0 Å². The summed E-state index contributed by atoms with van der Waals surface area (Å²) >= 11 is 0. The van der Waals surface area contributed by atoms with Crippen LogP contribution < -0.4 is 9.47 Å². The van der Waals surface area contributed by atoms with Crippen molar-refractivity contribution in [2.45, 2.75) is 18.6 Å². The quantitative estimate of drug-likeness (QED) is 0.849. The molecule has 0 saturated carbocycles. The molecule has 0 aromatic heterocycles. The summed E-state index contributed by atoms with van der Waals surface area (Å²) in [6, 6.07) is 4.04. The Morgan fingerprint density at radius 3 is 2.50 bits per heavy atom. The molecular weight excluding hydrogens is 256 g/mol. The van der Waals surface area contributed by atoms with Gasteiger partial charge in [-0.25, -0.2) is 0 Å². The van der Waals surface area contributed by atoms with E-state index >= 15 is 0 Å². The van der Waals surface area contributed by atoms with Crippen LogP contribution >= 0.6 is 0 Å². The molecule has 2 atom stereocenters. The highest BCUT2D eigenvalue weighted by atomic mass is 16.5. The van der Waals surface area contributed by atoms with Crippen molar-refractivity contribution in [1.82, 2.24) is 0 Å². The standard InChI is InChI=1S/C16H18O4/c1-17-11-4-5-12-13-8-16(19-3)15(18-2)6-10(13)9-20-14(12)7-11/h4-8,12,14H,9H2,1-3H3/t12-,14-/m1/s1. The fraction of sp³-hybridized carbons (Fsp3) is 0.375. The van der Waals surface area contributed by atoms with Crippen molar-refractivity contribution >= 4 is 0 Å². The lowest BCUT2D eigenvalue weighted by molar-refractivity contribution is 0.0448. The van der Waals surface area contributed by atoms with Crippen LogP contribution in [0.5, 0.6) is 11.5 Å². The molecule has 0 unspecified atom stereocenters. The Balaban J connectivity index is 2.02. The summed E-state index contributed by atoms with van der Waals surface area (Å²) in [6.07, 6.45) is 6.13. The lowest BCUT2D eigenvalue weighted by Gasteiger charge is -2.33. The van der Waals surface area contributed by atoms with Crippen LogP contribution in [0.25, 0.3) is 0 Å². The Labute approximate surface area is 118 Å². The van der Waals surface area contributed by atoms with Gasteiger partial charge in [0.25, 0.3) is 0 Å². The van der Waals surface area contributed by atoms with Crippen molar-refractivity contribution in [1.29, 1.82) is 0 Å². The summed E-state index contributed by atoms with van der Waals surface area (Å²) in [4.78, 5) is 0. The highest BCUT2D eigenvalue weighted by molar-refractivity contribution is 5.51. The van der Waals surface area contributed by atoms with E-state index in [1.807, 2.05) is 24.3 Å². The first-order chi connectivity index (χ1) is 9.76. The Kier molecular flexibility index (Phi) is 3.40. The zero-order valence-corrected chi connectivity index (χ0v) is 11.9. The predicted molar refractivity (Wildman–Crippen MR) is 75.1 cm³/mol. The van der Waals surface area contributed by atoms with E-state index in [0.29, 0.717) is 6.61 Å². The van der Waals surface area contributed by atoms with E-state index in [-0.39, 0.29) is 12.0 Å². The predicted octanol–water partition coefficient (Wildman–Crippen LogP) is 2.79. The number of hydrogen-bond donors (Lipinski definition) is 0. The molecule has 3 rings (SSSR count). The first-order valence-corrected chi connectivity index (χ1v) is 6.57. The molecule has 4 heteroatoms. The van der Waals surface area contributed by atoms with Crippen molar-refractivity contribution in [3.63, 3.8) is 0 Å². The van der Waals surface area contributed by atoms with E-state index in [1.54, 1.807) is 21.3 Å². The van der Waals surface area contributed by atoms with Crippen LogP contribution in [0.15, 0.2) is 36.1 Å². The van der Waals surface area contributed by atoms with Crippen LogP contribution in [0.4, 0.5) is 0 Å². The van der Waals surface area contributed by atoms with Crippen LogP contribution in [-0.2, 0) is 16.1 Å². The van der Waals surface area contributed by atoms with Gasteiger partial charge in [0.1, 0.15) is 5.76 Å². The molecule has 20 heavy (non-hydrogen) atoms. The average molecular weight is 274 g/mol.